The Morgan fingerprint density at radius 1 is 0.978 bits per heavy atom. The molecule has 0 bridgehead atoms. The fourth-order valence-electron chi connectivity index (χ4n) is 4.87. The van der Waals surface area contributed by atoms with Crippen LogP contribution in [0.2, 0.25) is 5.02 Å². The molecule has 0 radical (unpaired) electrons. The predicted octanol–water partition coefficient (Wildman–Crippen LogP) is 5.42. The third-order valence-corrected chi connectivity index (χ3v) is 10.9. The van der Waals surface area contributed by atoms with Gasteiger partial charge in [0.05, 0.1) is 22.4 Å². The van der Waals surface area contributed by atoms with Crippen LogP contribution in [-0.4, -0.2) is 37.5 Å². The van der Waals surface area contributed by atoms with Gasteiger partial charge < -0.3 is 9.55 Å². The van der Waals surface area contributed by atoms with Crippen LogP contribution in [0.4, 0.5) is 8.78 Å². The van der Waals surface area contributed by atoms with Crippen molar-refractivity contribution in [2.45, 2.75) is 36.3 Å². The quantitative estimate of drug-likeness (QED) is 0.215. The second-order valence-electron chi connectivity index (χ2n) is 10.6. The van der Waals surface area contributed by atoms with Crippen LogP contribution in [0.3, 0.4) is 0 Å². The van der Waals surface area contributed by atoms with Crippen molar-refractivity contribution in [3.63, 3.8) is 0 Å². The van der Waals surface area contributed by atoms with E-state index >= 15 is 0 Å². The molecule has 0 unspecified atom stereocenters. The summed E-state index contributed by atoms with van der Waals surface area (Å²) in [5.74, 6) is -3.30. The molecule has 5 aromatic rings. The van der Waals surface area contributed by atoms with E-state index in [0.717, 1.165) is 12.1 Å². The Labute approximate surface area is 262 Å². The van der Waals surface area contributed by atoms with E-state index in [4.69, 9.17) is 11.6 Å². The van der Waals surface area contributed by atoms with Gasteiger partial charge in [-0.15, -0.1) is 0 Å². The minimum absolute atomic E-state index is 0.00605. The lowest BCUT2D eigenvalue weighted by Crippen LogP contribution is -2.33. The average Bonchev–Trinajstić information content (AvgIpc) is 3.27. The summed E-state index contributed by atoms with van der Waals surface area (Å²) in [6, 6.07) is 15.6. The molecule has 0 saturated carbocycles. The number of aromatic amines is 1. The maximum atomic E-state index is 14.9. The highest BCUT2D eigenvalue weighted by molar-refractivity contribution is 7.91. The van der Waals surface area contributed by atoms with Crippen LogP contribution in [-0.2, 0) is 32.2 Å². The second kappa shape index (κ2) is 12.2. The summed E-state index contributed by atoms with van der Waals surface area (Å²) >= 11 is 6.29. The van der Waals surface area contributed by atoms with Gasteiger partial charge in [0.1, 0.15) is 17.3 Å². The van der Waals surface area contributed by atoms with Gasteiger partial charge in [-0.25, -0.2) is 30.3 Å². The molecule has 0 spiro atoms. The van der Waals surface area contributed by atoms with Crippen LogP contribution in [0.1, 0.15) is 35.5 Å². The first-order chi connectivity index (χ1) is 21.2. The number of hydrogen-bond acceptors (Lipinski definition) is 6. The summed E-state index contributed by atoms with van der Waals surface area (Å²) in [6.45, 7) is 2.67. The molecule has 5 rings (SSSR count). The van der Waals surface area contributed by atoms with E-state index in [9.17, 15) is 35.2 Å². The molecule has 0 aliphatic rings. The first-order valence-electron chi connectivity index (χ1n) is 13.5. The van der Waals surface area contributed by atoms with Crippen LogP contribution in [0.25, 0.3) is 22.0 Å². The maximum absolute atomic E-state index is 14.9. The number of carbonyl (C=O) groups excluding carboxylic acids is 1. The van der Waals surface area contributed by atoms with Crippen molar-refractivity contribution in [3.8, 4) is 11.1 Å². The fourth-order valence-corrected chi connectivity index (χ4v) is 7.04. The van der Waals surface area contributed by atoms with Crippen molar-refractivity contribution >= 4 is 48.3 Å². The monoisotopic (exact) mass is 673 g/mol. The highest BCUT2D eigenvalue weighted by Crippen LogP contribution is 2.36. The molecular weight excluding hydrogens is 648 g/mol. The number of nitrogens with zero attached hydrogens (tertiary/aromatic N) is 1. The van der Waals surface area contributed by atoms with E-state index in [1.807, 2.05) is 4.72 Å². The van der Waals surface area contributed by atoms with E-state index in [1.165, 1.54) is 79.2 Å². The normalized spacial score (nSPS) is 12.1. The Morgan fingerprint density at radius 2 is 1.73 bits per heavy atom. The number of hydrogen-bond donors (Lipinski definition) is 2. The zero-order valence-corrected chi connectivity index (χ0v) is 26.2. The molecule has 45 heavy (non-hydrogen) atoms. The van der Waals surface area contributed by atoms with Gasteiger partial charge in [-0.3, -0.25) is 9.59 Å². The van der Waals surface area contributed by atoms with E-state index in [0.29, 0.717) is 17.0 Å². The summed E-state index contributed by atoms with van der Waals surface area (Å²) in [6.07, 6.45) is 1.38. The van der Waals surface area contributed by atoms with Gasteiger partial charge in [0.2, 0.25) is 0 Å². The van der Waals surface area contributed by atoms with Gasteiger partial charge in [0.15, 0.2) is 9.84 Å². The van der Waals surface area contributed by atoms with Crippen molar-refractivity contribution < 1.29 is 30.4 Å². The molecular formula is C31H26ClF2N3O6S2. The third kappa shape index (κ3) is 6.56. The average molecular weight is 674 g/mol. The Bertz CT molecular complexity index is 2250. The second-order valence-corrected chi connectivity index (χ2v) is 15.2. The lowest BCUT2D eigenvalue weighted by atomic mass is 10.0. The topological polar surface area (TPSA) is 135 Å². The summed E-state index contributed by atoms with van der Waals surface area (Å²) in [4.78, 5) is 29.2. The number of sulfonamides is 1. The molecule has 2 heterocycles. The standard InChI is InChI=1S/C31H26ClF2N3O6S2/c1-18(2)44(40,41)17-19-5-3-6-23(13-19)45(42,43)36-31(39)29-28(24-7-4-12-35-30(24)38)25-14-21(32)9-11-27(25)37(29)16-20-8-10-22(33)15-26(20)34/h3-15,18H,16-17H2,1-2H3,(H,35,38)(H,36,39). The lowest BCUT2D eigenvalue weighted by molar-refractivity contribution is 0.0974. The minimum Gasteiger partial charge on any atom is -0.331 e. The number of fused-ring (bicyclic) bond motifs is 1. The summed E-state index contributed by atoms with van der Waals surface area (Å²) in [7, 11) is -8.17. The summed E-state index contributed by atoms with van der Waals surface area (Å²) in [5.41, 5.74) is -0.383. The van der Waals surface area contributed by atoms with Crippen LogP contribution in [0.5, 0.6) is 0 Å². The number of halogens is 3. The lowest BCUT2D eigenvalue weighted by Gasteiger charge is -2.14. The molecule has 234 valence electrons. The zero-order valence-electron chi connectivity index (χ0n) is 23.8. The molecule has 14 heteroatoms. The first kappa shape index (κ1) is 32.1. The number of H-pyrrole nitrogens is 1. The predicted molar refractivity (Wildman–Crippen MR) is 167 cm³/mol. The molecule has 0 aliphatic heterocycles. The Hall–Kier alpha value is -4.33. The van der Waals surface area contributed by atoms with E-state index < -0.39 is 54.0 Å². The number of nitrogens with one attached hydrogen (secondary N) is 2. The number of rotatable bonds is 9. The molecule has 0 atom stereocenters. The summed E-state index contributed by atoms with van der Waals surface area (Å²) in [5, 5.41) is -0.155. The summed E-state index contributed by atoms with van der Waals surface area (Å²) < 4.78 is 83.9. The van der Waals surface area contributed by atoms with Gasteiger partial charge >= 0.3 is 0 Å². The molecule has 0 saturated heterocycles. The minimum atomic E-state index is -4.61. The molecule has 9 nitrogen and oxygen atoms in total. The Morgan fingerprint density at radius 3 is 2.42 bits per heavy atom. The molecule has 3 aromatic carbocycles. The maximum Gasteiger partial charge on any atom is 0.282 e. The Balaban J connectivity index is 1.68. The van der Waals surface area contributed by atoms with E-state index in [-0.39, 0.29) is 44.4 Å². The van der Waals surface area contributed by atoms with Gasteiger partial charge in [0, 0.05) is 44.9 Å². The van der Waals surface area contributed by atoms with Crippen molar-refractivity contribution in [3.05, 3.63) is 123 Å². The molecule has 2 N–H and O–H groups in total. The largest absolute Gasteiger partial charge is 0.331 e. The van der Waals surface area contributed by atoms with Gasteiger partial charge in [-0.05, 0) is 67.9 Å². The fraction of sp³-hybridized carbons (Fsp3) is 0.161. The number of sulfone groups is 1. The number of benzene rings is 3. The number of aromatic nitrogens is 2. The van der Waals surface area contributed by atoms with Crippen molar-refractivity contribution in [2.24, 2.45) is 0 Å². The first-order valence-corrected chi connectivity index (χ1v) is 17.1. The number of amides is 1. The van der Waals surface area contributed by atoms with E-state index in [2.05, 4.69) is 4.98 Å². The molecule has 0 fully saturated rings. The van der Waals surface area contributed by atoms with Gasteiger partial charge in [0.25, 0.3) is 21.5 Å². The van der Waals surface area contributed by atoms with Crippen LogP contribution in [0, 0.1) is 11.6 Å². The van der Waals surface area contributed by atoms with Crippen molar-refractivity contribution in [2.75, 3.05) is 0 Å². The molecule has 1 amide bonds. The highest BCUT2D eigenvalue weighted by Gasteiger charge is 2.30. The number of carbonyl (C=O) groups is 1. The molecule has 2 aromatic heterocycles. The van der Waals surface area contributed by atoms with Crippen molar-refractivity contribution in [1.82, 2.24) is 14.3 Å². The Kier molecular flexibility index (Phi) is 8.71. The molecule has 0 aliphatic carbocycles. The van der Waals surface area contributed by atoms with Crippen molar-refractivity contribution in [1.29, 1.82) is 0 Å². The van der Waals surface area contributed by atoms with Crippen LogP contribution >= 0.6 is 11.6 Å². The third-order valence-electron chi connectivity index (χ3n) is 7.19. The zero-order chi connectivity index (χ0) is 32.7. The van der Waals surface area contributed by atoms with Crippen LogP contribution < -0.4 is 10.3 Å². The highest BCUT2D eigenvalue weighted by atomic mass is 35.5. The number of pyridine rings is 1. The van der Waals surface area contributed by atoms with Gasteiger partial charge in [-0.2, -0.15) is 0 Å². The van der Waals surface area contributed by atoms with Gasteiger partial charge in [-0.1, -0.05) is 29.8 Å². The smallest absolute Gasteiger partial charge is 0.282 e. The van der Waals surface area contributed by atoms with Crippen LogP contribution in [0.15, 0.2) is 88.7 Å². The van der Waals surface area contributed by atoms with E-state index in [1.54, 1.807) is 0 Å². The SMILES string of the molecule is CC(C)S(=O)(=O)Cc1cccc(S(=O)(=O)NC(=O)c2c(-c3ccc[nH]c3=O)c3cc(Cl)ccc3n2Cc2ccc(F)cc2F)c1.